The van der Waals surface area contributed by atoms with Gasteiger partial charge in [-0.05, 0) is 18.4 Å². The van der Waals surface area contributed by atoms with Crippen LogP contribution >= 0.6 is 11.3 Å². The summed E-state index contributed by atoms with van der Waals surface area (Å²) in [6, 6.07) is 3.87. The Morgan fingerprint density at radius 2 is 2.38 bits per heavy atom. The van der Waals surface area contributed by atoms with Gasteiger partial charge in [0.05, 0.1) is 10.3 Å². The number of H-pyrrole nitrogens is 1. The van der Waals surface area contributed by atoms with Gasteiger partial charge in [0.15, 0.2) is 5.52 Å². The fourth-order valence-electron chi connectivity index (χ4n) is 1.61. The highest BCUT2D eigenvalue weighted by Crippen LogP contribution is 2.29. The summed E-state index contributed by atoms with van der Waals surface area (Å²) in [5.41, 5.74) is 0.686. The average Bonchev–Trinajstić information content (AvgIpc) is 2.90. The van der Waals surface area contributed by atoms with Crippen LogP contribution in [0.1, 0.15) is 5.76 Å². The molecule has 16 heavy (non-hydrogen) atoms. The number of nitrogens with one attached hydrogen (secondary N) is 1. The smallest absolute Gasteiger partial charge is 0.294 e. The van der Waals surface area contributed by atoms with Crippen LogP contribution in [0.2, 0.25) is 0 Å². The Morgan fingerprint density at radius 3 is 3.12 bits per heavy atom. The first-order valence-electron chi connectivity index (χ1n) is 4.66. The molecule has 0 fully saturated rings. The zero-order valence-electron chi connectivity index (χ0n) is 8.35. The first-order chi connectivity index (χ1) is 7.77. The second-order valence-electron chi connectivity index (χ2n) is 3.34. The van der Waals surface area contributed by atoms with Crippen LogP contribution in [0.25, 0.3) is 21.5 Å². The molecule has 3 aromatic rings. The van der Waals surface area contributed by atoms with Gasteiger partial charge in [0.1, 0.15) is 11.5 Å². The minimum atomic E-state index is -0.327. The number of aromatic nitrogens is 3. The predicted octanol–water partition coefficient (Wildman–Crippen LogP) is 1.95. The first kappa shape index (κ1) is 9.29. The number of aryl methyl sites for hydroxylation is 1. The molecule has 80 valence electrons. The van der Waals surface area contributed by atoms with E-state index in [4.69, 9.17) is 4.52 Å². The summed E-state index contributed by atoms with van der Waals surface area (Å²) in [7, 11) is 0. The summed E-state index contributed by atoms with van der Waals surface area (Å²) < 4.78 is 5.03. The molecule has 3 aromatic heterocycles. The van der Waals surface area contributed by atoms with Crippen molar-refractivity contribution in [3.05, 3.63) is 33.6 Å². The molecule has 1 N–H and O–H groups in total. The van der Waals surface area contributed by atoms with E-state index in [1.54, 1.807) is 18.3 Å². The third-order valence-corrected chi connectivity index (χ3v) is 3.22. The lowest BCUT2D eigenvalue weighted by molar-refractivity contribution is 0.405. The molecule has 0 amide bonds. The molecule has 5 nitrogen and oxygen atoms in total. The largest absolute Gasteiger partial charge is 0.360 e. The van der Waals surface area contributed by atoms with Crippen LogP contribution in [0.4, 0.5) is 0 Å². The quantitative estimate of drug-likeness (QED) is 0.697. The maximum Gasteiger partial charge on any atom is 0.294 e. The normalized spacial score (nSPS) is 11.1. The molecule has 0 radical (unpaired) electrons. The lowest BCUT2D eigenvalue weighted by Crippen LogP contribution is -2.09. The van der Waals surface area contributed by atoms with Crippen molar-refractivity contribution in [3.8, 4) is 10.6 Å². The second kappa shape index (κ2) is 3.28. The van der Waals surface area contributed by atoms with Crippen LogP contribution in [0, 0.1) is 6.92 Å². The molecule has 0 atom stereocenters. The summed E-state index contributed by atoms with van der Waals surface area (Å²) in [4.78, 5) is 12.5. The summed E-state index contributed by atoms with van der Waals surface area (Å²) in [6.07, 6.45) is 0. The molecule has 0 aliphatic rings. The van der Waals surface area contributed by atoms with Crippen molar-refractivity contribution in [2.75, 3.05) is 0 Å². The van der Waals surface area contributed by atoms with Crippen molar-refractivity contribution in [2.24, 2.45) is 0 Å². The summed E-state index contributed by atoms with van der Waals surface area (Å²) in [5.74, 6) is 0.608. The van der Waals surface area contributed by atoms with Crippen molar-refractivity contribution < 1.29 is 4.52 Å². The van der Waals surface area contributed by atoms with Crippen LogP contribution in [0.3, 0.4) is 0 Å². The zero-order valence-corrected chi connectivity index (χ0v) is 9.17. The second-order valence-corrected chi connectivity index (χ2v) is 4.29. The maximum atomic E-state index is 11.5. The van der Waals surface area contributed by atoms with Gasteiger partial charge < -0.3 is 4.52 Å². The van der Waals surface area contributed by atoms with E-state index >= 15 is 0 Å². The molecular formula is C10H7N3O2S. The van der Waals surface area contributed by atoms with E-state index in [0.717, 1.165) is 4.88 Å². The average molecular weight is 233 g/mol. The number of nitrogens with zero attached hydrogens (tertiary/aromatic N) is 2. The molecule has 3 rings (SSSR count). The fraction of sp³-hybridized carbons (Fsp3) is 0.100. The monoisotopic (exact) mass is 233 g/mol. The molecule has 0 aliphatic heterocycles. The minimum absolute atomic E-state index is 0.302. The number of thiophene rings is 1. The lowest BCUT2D eigenvalue weighted by atomic mass is 10.2. The van der Waals surface area contributed by atoms with Gasteiger partial charge in [0.2, 0.25) is 0 Å². The van der Waals surface area contributed by atoms with E-state index < -0.39 is 0 Å². The molecule has 0 aliphatic carbocycles. The van der Waals surface area contributed by atoms with Gasteiger partial charge in [-0.15, -0.1) is 11.3 Å². The van der Waals surface area contributed by atoms with Crippen LogP contribution in [0.5, 0.6) is 0 Å². The van der Waals surface area contributed by atoms with E-state index in [1.807, 2.05) is 17.5 Å². The maximum absolute atomic E-state index is 11.5. The van der Waals surface area contributed by atoms with Crippen LogP contribution in [0.15, 0.2) is 26.8 Å². The Labute approximate surface area is 93.7 Å². The molecule has 0 saturated carbocycles. The van der Waals surface area contributed by atoms with Crippen LogP contribution in [-0.4, -0.2) is 15.4 Å². The van der Waals surface area contributed by atoms with Crippen molar-refractivity contribution in [2.45, 2.75) is 6.92 Å². The fourth-order valence-corrected chi connectivity index (χ4v) is 2.33. The number of hydrogen-bond donors (Lipinski definition) is 1. The summed E-state index contributed by atoms with van der Waals surface area (Å²) in [5, 5.41) is 12.9. The Bertz CT molecular complexity index is 696. The number of aromatic amines is 1. The number of rotatable bonds is 1. The molecule has 3 heterocycles. The highest BCUT2D eigenvalue weighted by atomic mass is 32.1. The van der Waals surface area contributed by atoms with Crippen molar-refractivity contribution in [3.63, 3.8) is 0 Å². The Morgan fingerprint density at radius 1 is 1.50 bits per heavy atom. The SMILES string of the molecule is Cc1onc2c(=O)[nH]nc(-c3cccs3)c12. The van der Waals surface area contributed by atoms with Gasteiger partial charge in [0, 0.05) is 0 Å². The molecule has 0 aromatic carbocycles. The molecule has 6 heteroatoms. The molecular weight excluding hydrogens is 226 g/mol. The molecule has 0 unspecified atom stereocenters. The van der Waals surface area contributed by atoms with Crippen LogP contribution in [-0.2, 0) is 0 Å². The number of hydrogen-bond acceptors (Lipinski definition) is 5. The third-order valence-electron chi connectivity index (χ3n) is 2.34. The van der Waals surface area contributed by atoms with E-state index in [0.29, 0.717) is 22.4 Å². The first-order valence-corrected chi connectivity index (χ1v) is 5.54. The van der Waals surface area contributed by atoms with Gasteiger partial charge in [-0.2, -0.15) is 5.10 Å². The van der Waals surface area contributed by atoms with Crippen LogP contribution < -0.4 is 5.56 Å². The van der Waals surface area contributed by atoms with Gasteiger partial charge in [-0.1, -0.05) is 11.2 Å². The van der Waals surface area contributed by atoms with Gasteiger partial charge >= 0.3 is 0 Å². The van der Waals surface area contributed by atoms with E-state index in [1.165, 1.54) is 0 Å². The molecule has 0 spiro atoms. The Balaban J connectivity index is 2.46. The van der Waals surface area contributed by atoms with Gasteiger partial charge in [-0.25, -0.2) is 5.10 Å². The van der Waals surface area contributed by atoms with Gasteiger partial charge in [0.25, 0.3) is 5.56 Å². The van der Waals surface area contributed by atoms with E-state index in [2.05, 4.69) is 15.4 Å². The zero-order chi connectivity index (χ0) is 11.1. The van der Waals surface area contributed by atoms with Crippen molar-refractivity contribution >= 4 is 22.2 Å². The molecule has 0 saturated heterocycles. The minimum Gasteiger partial charge on any atom is -0.360 e. The molecule has 0 bridgehead atoms. The predicted molar refractivity (Wildman–Crippen MR) is 60.5 cm³/mol. The summed E-state index contributed by atoms with van der Waals surface area (Å²) >= 11 is 1.55. The standard InChI is InChI=1S/C10H7N3O2S/c1-5-7-8(6-3-2-4-16-6)11-12-10(14)9(7)13-15-5/h2-4H,1H3,(H,12,14). The Kier molecular flexibility index (Phi) is 1.90. The van der Waals surface area contributed by atoms with Crippen molar-refractivity contribution in [1.82, 2.24) is 15.4 Å². The highest BCUT2D eigenvalue weighted by Gasteiger charge is 2.15. The van der Waals surface area contributed by atoms with Gasteiger partial charge in [-0.3, -0.25) is 4.79 Å². The van der Waals surface area contributed by atoms with E-state index in [-0.39, 0.29) is 5.56 Å². The lowest BCUT2D eigenvalue weighted by Gasteiger charge is -1.96. The van der Waals surface area contributed by atoms with E-state index in [9.17, 15) is 4.79 Å². The highest BCUT2D eigenvalue weighted by molar-refractivity contribution is 7.13. The van der Waals surface area contributed by atoms with Crippen molar-refractivity contribution in [1.29, 1.82) is 0 Å². The Hall–Kier alpha value is -1.95. The number of fused-ring (bicyclic) bond motifs is 1. The third kappa shape index (κ3) is 1.20. The topological polar surface area (TPSA) is 71.8 Å². The summed E-state index contributed by atoms with van der Waals surface area (Å²) in [6.45, 7) is 1.77.